The number of halogens is 3. The van der Waals surface area contributed by atoms with E-state index in [1.165, 1.54) is 30.9 Å². The molecule has 2 rings (SSSR count). The first-order valence-electron chi connectivity index (χ1n) is 8.62. The highest BCUT2D eigenvalue weighted by molar-refractivity contribution is 5.79. The topological polar surface area (TPSA) is 79.3 Å². The molecule has 1 aromatic carbocycles. The first kappa shape index (κ1) is 21.8. The molecule has 1 aromatic rings. The number of esters is 1. The number of alkyl halides is 3. The molecule has 7 nitrogen and oxygen atoms in total. The number of hydrogen-bond donors (Lipinski definition) is 1. The van der Waals surface area contributed by atoms with Crippen molar-refractivity contribution in [2.24, 2.45) is 0 Å². The Hall–Kier alpha value is -2.49. The van der Waals surface area contributed by atoms with Crippen LogP contribution >= 0.6 is 0 Å². The molecule has 28 heavy (non-hydrogen) atoms. The fraction of sp³-hybridized carbons (Fsp3) is 0.556. The molecule has 1 N–H and O–H groups in total. The van der Waals surface area contributed by atoms with Crippen molar-refractivity contribution in [3.05, 3.63) is 29.3 Å². The van der Waals surface area contributed by atoms with Gasteiger partial charge in [0.1, 0.15) is 5.75 Å². The van der Waals surface area contributed by atoms with Crippen molar-refractivity contribution in [2.75, 3.05) is 33.3 Å². The maximum absolute atomic E-state index is 13.5. The molecule has 1 fully saturated rings. The fourth-order valence-corrected chi connectivity index (χ4v) is 2.93. The molecule has 0 bridgehead atoms. The van der Waals surface area contributed by atoms with E-state index in [1.807, 2.05) is 4.90 Å². The lowest BCUT2D eigenvalue weighted by Crippen LogP contribution is -2.48. The van der Waals surface area contributed by atoms with Crippen molar-refractivity contribution in [2.45, 2.75) is 32.2 Å². The predicted molar refractivity (Wildman–Crippen MR) is 93.0 cm³/mol. The van der Waals surface area contributed by atoms with Crippen molar-refractivity contribution in [1.29, 1.82) is 0 Å². The number of methoxy groups -OCH3 is 1. The van der Waals surface area contributed by atoms with E-state index in [1.54, 1.807) is 0 Å². The van der Waals surface area contributed by atoms with Crippen LogP contribution in [0.25, 0.3) is 0 Å². The summed E-state index contributed by atoms with van der Waals surface area (Å²) in [5.41, 5.74) is -2.34. The van der Waals surface area contributed by atoms with Gasteiger partial charge in [0.15, 0.2) is 5.60 Å². The Kier molecular flexibility index (Phi) is 6.43. The molecular formula is C18H23F3N2O5. The minimum Gasteiger partial charge on any atom is -0.475 e. The average Bonchev–Trinajstić information content (AvgIpc) is 2.61. The molecule has 1 heterocycles. The van der Waals surface area contributed by atoms with Crippen LogP contribution in [-0.2, 0) is 22.3 Å². The van der Waals surface area contributed by atoms with Crippen LogP contribution in [0.3, 0.4) is 0 Å². The maximum Gasteiger partial charge on any atom is 0.419 e. The van der Waals surface area contributed by atoms with Crippen LogP contribution in [0.5, 0.6) is 5.75 Å². The van der Waals surface area contributed by atoms with E-state index in [9.17, 15) is 22.8 Å². The van der Waals surface area contributed by atoms with E-state index in [0.29, 0.717) is 13.1 Å². The molecule has 0 atom stereocenters. The van der Waals surface area contributed by atoms with E-state index in [4.69, 9.17) is 9.84 Å². The van der Waals surface area contributed by atoms with E-state index in [-0.39, 0.29) is 25.2 Å². The van der Waals surface area contributed by atoms with E-state index < -0.39 is 35.2 Å². The highest BCUT2D eigenvalue weighted by atomic mass is 19.4. The number of hydrogen-bond acceptors (Lipinski definition) is 5. The fourth-order valence-electron chi connectivity index (χ4n) is 2.93. The number of benzene rings is 1. The Morgan fingerprint density at radius 2 is 1.75 bits per heavy atom. The quantitative estimate of drug-likeness (QED) is 0.761. The average molecular weight is 404 g/mol. The zero-order valence-corrected chi connectivity index (χ0v) is 15.9. The number of carbonyl (C=O) groups excluding carboxylic acids is 1. The Morgan fingerprint density at radius 1 is 1.14 bits per heavy atom. The lowest BCUT2D eigenvalue weighted by atomic mass is 10.0. The predicted octanol–water partition coefficient (Wildman–Crippen LogP) is 2.83. The molecule has 0 saturated carbocycles. The molecule has 10 heteroatoms. The second-order valence-corrected chi connectivity index (χ2v) is 6.94. The van der Waals surface area contributed by atoms with Gasteiger partial charge in [0.05, 0.1) is 12.7 Å². The first-order valence-corrected chi connectivity index (χ1v) is 8.62. The Bertz CT molecular complexity index is 728. The summed E-state index contributed by atoms with van der Waals surface area (Å²) in [6, 6.07) is 3.68. The van der Waals surface area contributed by atoms with Gasteiger partial charge >= 0.3 is 18.2 Å². The summed E-state index contributed by atoms with van der Waals surface area (Å²) in [4.78, 5) is 26.0. The standard InChI is InChI=1S/C18H23F3N2O5/c1-17(2,15(24)27-3)28-14-12(5-4-6-13(14)18(19,20)21)11-22-7-9-23(10-8-22)16(25)26/h4-6H,7-11H2,1-3H3,(H,25,26). The molecule has 0 aromatic heterocycles. The molecular weight excluding hydrogens is 381 g/mol. The van der Waals surface area contributed by atoms with Crippen molar-refractivity contribution < 1.29 is 37.3 Å². The van der Waals surface area contributed by atoms with E-state index in [2.05, 4.69) is 4.74 Å². The van der Waals surface area contributed by atoms with Crippen LogP contribution in [0.1, 0.15) is 25.0 Å². The molecule has 0 radical (unpaired) electrons. The summed E-state index contributed by atoms with van der Waals surface area (Å²) in [5, 5.41) is 9.01. The Balaban J connectivity index is 2.31. The van der Waals surface area contributed by atoms with Gasteiger partial charge in [0.2, 0.25) is 0 Å². The molecule has 0 unspecified atom stereocenters. The zero-order chi connectivity index (χ0) is 21.1. The van der Waals surface area contributed by atoms with Gasteiger partial charge in [-0.25, -0.2) is 9.59 Å². The monoisotopic (exact) mass is 404 g/mol. The summed E-state index contributed by atoms with van der Waals surface area (Å²) in [7, 11) is 1.13. The number of nitrogens with zero attached hydrogens (tertiary/aromatic N) is 2. The summed E-state index contributed by atoms with van der Waals surface area (Å²) in [5.74, 6) is -1.23. The summed E-state index contributed by atoms with van der Waals surface area (Å²) in [6.07, 6.45) is -5.69. The van der Waals surface area contributed by atoms with Crippen LogP contribution in [0.4, 0.5) is 18.0 Å². The van der Waals surface area contributed by atoms with Gasteiger partial charge in [-0.15, -0.1) is 0 Å². The van der Waals surface area contributed by atoms with Gasteiger partial charge in [0.25, 0.3) is 0 Å². The smallest absolute Gasteiger partial charge is 0.419 e. The van der Waals surface area contributed by atoms with Gasteiger partial charge in [-0.3, -0.25) is 4.90 Å². The molecule has 1 amide bonds. The van der Waals surface area contributed by atoms with Crippen LogP contribution in [0.2, 0.25) is 0 Å². The van der Waals surface area contributed by atoms with Gasteiger partial charge in [0, 0.05) is 38.3 Å². The SMILES string of the molecule is COC(=O)C(C)(C)Oc1c(CN2CCN(C(=O)O)CC2)cccc1C(F)(F)F. The van der Waals surface area contributed by atoms with Gasteiger partial charge in [-0.1, -0.05) is 12.1 Å². The summed E-state index contributed by atoms with van der Waals surface area (Å²) >= 11 is 0. The number of carbonyl (C=O) groups is 2. The third kappa shape index (κ3) is 5.06. The lowest BCUT2D eigenvalue weighted by Gasteiger charge is -2.34. The Morgan fingerprint density at radius 3 is 2.25 bits per heavy atom. The number of para-hydroxylation sites is 1. The van der Waals surface area contributed by atoms with Crippen LogP contribution in [0.15, 0.2) is 18.2 Å². The van der Waals surface area contributed by atoms with Crippen molar-refractivity contribution in [3.8, 4) is 5.75 Å². The lowest BCUT2D eigenvalue weighted by molar-refractivity contribution is -0.158. The van der Waals surface area contributed by atoms with Gasteiger partial charge in [-0.05, 0) is 19.9 Å². The van der Waals surface area contributed by atoms with Crippen molar-refractivity contribution >= 4 is 12.1 Å². The van der Waals surface area contributed by atoms with Crippen LogP contribution in [-0.4, -0.2) is 65.9 Å². The summed E-state index contributed by atoms with van der Waals surface area (Å²) < 4.78 is 50.7. The van der Waals surface area contributed by atoms with E-state index in [0.717, 1.165) is 13.2 Å². The third-order valence-corrected chi connectivity index (χ3v) is 4.47. The third-order valence-electron chi connectivity index (χ3n) is 4.47. The number of piperazine rings is 1. The van der Waals surface area contributed by atoms with Gasteiger partial charge < -0.3 is 19.5 Å². The minimum atomic E-state index is -4.67. The van der Waals surface area contributed by atoms with Crippen molar-refractivity contribution in [3.63, 3.8) is 0 Å². The molecule has 156 valence electrons. The largest absolute Gasteiger partial charge is 0.475 e. The molecule has 0 aliphatic carbocycles. The maximum atomic E-state index is 13.5. The number of rotatable bonds is 5. The van der Waals surface area contributed by atoms with Crippen molar-refractivity contribution in [1.82, 2.24) is 9.80 Å². The van der Waals surface area contributed by atoms with Crippen LogP contribution < -0.4 is 4.74 Å². The normalized spacial score (nSPS) is 16.0. The van der Waals surface area contributed by atoms with Gasteiger partial charge in [-0.2, -0.15) is 13.2 Å². The molecule has 0 spiro atoms. The highest BCUT2D eigenvalue weighted by Crippen LogP contribution is 2.40. The van der Waals surface area contributed by atoms with Crippen LogP contribution in [0, 0.1) is 0 Å². The molecule has 1 saturated heterocycles. The minimum absolute atomic E-state index is 0.129. The number of ether oxygens (including phenoxy) is 2. The van der Waals surface area contributed by atoms with E-state index >= 15 is 0 Å². The first-order chi connectivity index (χ1) is 13.0. The highest BCUT2D eigenvalue weighted by Gasteiger charge is 2.39. The second-order valence-electron chi connectivity index (χ2n) is 6.94. The Labute approximate surface area is 160 Å². The number of carboxylic acid groups (broad SMARTS) is 1. The number of amides is 1. The zero-order valence-electron chi connectivity index (χ0n) is 15.9. The molecule has 1 aliphatic rings. The molecule has 1 aliphatic heterocycles. The second kappa shape index (κ2) is 8.26. The summed E-state index contributed by atoms with van der Waals surface area (Å²) in [6.45, 7) is 4.08.